The molecule has 0 spiro atoms. The van der Waals surface area contributed by atoms with Gasteiger partial charge in [0.25, 0.3) is 5.91 Å². The van der Waals surface area contributed by atoms with Crippen molar-refractivity contribution in [3.05, 3.63) is 31.8 Å². The molecule has 0 saturated heterocycles. The van der Waals surface area contributed by atoms with Crippen LogP contribution >= 0.6 is 50.1 Å². The first-order chi connectivity index (χ1) is 8.00. The lowest BCUT2D eigenvalue weighted by molar-refractivity contribution is 0.0952. The third-order valence-electron chi connectivity index (χ3n) is 2.24. The summed E-state index contributed by atoms with van der Waals surface area (Å²) in [5.41, 5.74) is 0.677. The number of alkyl halides is 1. The summed E-state index contributed by atoms with van der Waals surface area (Å²) in [6.45, 7) is 2.62. The highest BCUT2D eigenvalue weighted by Crippen LogP contribution is 2.19. The van der Waals surface area contributed by atoms with Crippen LogP contribution in [0.1, 0.15) is 30.1 Å². The monoisotopic (exact) mass is 429 g/mol. The number of halogens is 3. The molecule has 0 aliphatic rings. The first-order valence-electron chi connectivity index (χ1n) is 5.38. The summed E-state index contributed by atoms with van der Waals surface area (Å²) in [5, 5.41) is 3.05. The fraction of sp³-hybridized carbons (Fsp3) is 0.417. The average Bonchev–Trinajstić information content (AvgIpc) is 2.27. The van der Waals surface area contributed by atoms with Crippen LogP contribution in [0.2, 0.25) is 0 Å². The zero-order chi connectivity index (χ0) is 12.8. The lowest BCUT2D eigenvalue weighted by Gasteiger charge is -2.08. The van der Waals surface area contributed by atoms with Gasteiger partial charge in [0.2, 0.25) is 0 Å². The highest BCUT2D eigenvalue weighted by Gasteiger charge is 2.09. The molecule has 1 N–H and O–H groups in total. The minimum atomic E-state index is -0.0439. The molecular weight excluding hydrogens is 416 g/mol. The van der Waals surface area contributed by atoms with E-state index in [1.165, 1.54) is 0 Å². The van der Waals surface area contributed by atoms with E-state index in [0.29, 0.717) is 12.1 Å². The van der Waals surface area contributed by atoms with Gasteiger partial charge < -0.3 is 5.32 Å². The van der Waals surface area contributed by atoms with Gasteiger partial charge in [0, 0.05) is 20.0 Å². The molecule has 0 aromatic heterocycles. The molecule has 0 fully saturated rings. The minimum absolute atomic E-state index is 0.0439. The van der Waals surface area contributed by atoms with E-state index >= 15 is 0 Å². The molecule has 1 amide bonds. The van der Waals surface area contributed by atoms with Crippen LogP contribution in [0.15, 0.2) is 22.7 Å². The molecule has 1 atom stereocenters. The molecule has 94 valence electrons. The van der Waals surface area contributed by atoms with Crippen molar-refractivity contribution in [2.24, 2.45) is 0 Å². The Hall–Kier alpha value is 0.190. The van der Waals surface area contributed by atoms with E-state index in [2.05, 4.69) is 43.8 Å². The molecule has 0 saturated carbocycles. The fourth-order valence-corrected chi connectivity index (χ4v) is 2.42. The van der Waals surface area contributed by atoms with Crippen molar-refractivity contribution >= 4 is 56.0 Å². The molecule has 5 heteroatoms. The lowest BCUT2D eigenvalue weighted by Crippen LogP contribution is -2.25. The lowest BCUT2D eigenvalue weighted by atomic mass is 10.2. The van der Waals surface area contributed by atoms with Crippen LogP contribution < -0.4 is 5.32 Å². The van der Waals surface area contributed by atoms with E-state index in [1.54, 1.807) is 0 Å². The molecule has 1 rings (SSSR count). The van der Waals surface area contributed by atoms with E-state index in [-0.39, 0.29) is 11.3 Å². The quantitative estimate of drug-likeness (QED) is 0.424. The fourth-order valence-electron chi connectivity index (χ4n) is 1.35. The Morgan fingerprint density at radius 2 is 2.29 bits per heavy atom. The Morgan fingerprint density at radius 1 is 1.59 bits per heavy atom. The van der Waals surface area contributed by atoms with E-state index < -0.39 is 0 Å². The largest absolute Gasteiger partial charge is 0.352 e. The predicted molar refractivity (Wildman–Crippen MR) is 83.7 cm³/mol. The van der Waals surface area contributed by atoms with Gasteiger partial charge in [0.1, 0.15) is 0 Å². The topological polar surface area (TPSA) is 29.1 Å². The predicted octanol–water partition coefficient (Wildman–Crippen LogP) is 4.19. The molecule has 0 aliphatic carbocycles. The Labute approximate surface area is 129 Å². The zero-order valence-corrected chi connectivity index (χ0v) is 14.0. The molecule has 1 aromatic carbocycles. The first-order valence-corrected chi connectivity index (χ1v) is 7.69. The number of benzene rings is 1. The molecule has 2 nitrogen and oxygen atoms in total. The number of hydrogen-bond acceptors (Lipinski definition) is 1. The van der Waals surface area contributed by atoms with Crippen LogP contribution in [0, 0.1) is 3.57 Å². The number of hydrogen-bond donors (Lipinski definition) is 1. The molecule has 1 unspecified atom stereocenters. The maximum atomic E-state index is 11.9. The van der Waals surface area contributed by atoms with Gasteiger partial charge in [-0.1, -0.05) is 0 Å². The van der Waals surface area contributed by atoms with Crippen molar-refractivity contribution in [3.63, 3.8) is 0 Å². The van der Waals surface area contributed by atoms with Crippen LogP contribution in [-0.4, -0.2) is 17.8 Å². The highest BCUT2D eigenvalue weighted by atomic mass is 127. The van der Waals surface area contributed by atoms with Crippen LogP contribution in [0.5, 0.6) is 0 Å². The summed E-state index contributed by atoms with van der Waals surface area (Å²) in [7, 11) is 0. The van der Waals surface area contributed by atoms with E-state index in [0.717, 1.165) is 20.9 Å². The van der Waals surface area contributed by atoms with Gasteiger partial charge in [-0.2, -0.15) is 0 Å². The second kappa shape index (κ2) is 7.59. The summed E-state index contributed by atoms with van der Waals surface area (Å²) in [6, 6.07) is 5.71. The molecule has 0 heterocycles. The summed E-state index contributed by atoms with van der Waals surface area (Å²) in [6.07, 6.45) is 1.81. The zero-order valence-electron chi connectivity index (χ0n) is 9.47. The van der Waals surface area contributed by atoms with Gasteiger partial charge in [0.15, 0.2) is 0 Å². The Balaban J connectivity index is 2.49. The molecule has 1 aromatic rings. The van der Waals surface area contributed by atoms with Gasteiger partial charge in [-0.25, -0.2) is 0 Å². The molecule has 17 heavy (non-hydrogen) atoms. The van der Waals surface area contributed by atoms with Crippen molar-refractivity contribution in [1.82, 2.24) is 5.32 Å². The summed E-state index contributed by atoms with van der Waals surface area (Å²) in [5.74, 6) is -0.0439. The Bertz CT molecular complexity index is 398. The third kappa shape index (κ3) is 5.57. The number of carbonyl (C=O) groups excluding carboxylic acids is 1. The van der Waals surface area contributed by atoms with Gasteiger partial charge >= 0.3 is 0 Å². The van der Waals surface area contributed by atoms with E-state index in [4.69, 9.17) is 11.6 Å². The smallest absolute Gasteiger partial charge is 0.252 e. The van der Waals surface area contributed by atoms with Gasteiger partial charge in [0.05, 0.1) is 5.56 Å². The van der Waals surface area contributed by atoms with Crippen LogP contribution in [0.4, 0.5) is 0 Å². The van der Waals surface area contributed by atoms with Crippen molar-refractivity contribution in [2.45, 2.75) is 25.1 Å². The molecule has 0 radical (unpaired) electrons. The van der Waals surface area contributed by atoms with Crippen molar-refractivity contribution in [1.29, 1.82) is 0 Å². The van der Waals surface area contributed by atoms with E-state index in [1.807, 2.05) is 25.1 Å². The molecule has 0 bridgehead atoms. The first kappa shape index (κ1) is 15.2. The van der Waals surface area contributed by atoms with Crippen LogP contribution in [0.3, 0.4) is 0 Å². The second-order valence-electron chi connectivity index (χ2n) is 3.80. The highest BCUT2D eigenvalue weighted by molar-refractivity contribution is 14.1. The molecular formula is C12H14BrClINO. The van der Waals surface area contributed by atoms with Crippen molar-refractivity contribution in [2.75, 3.05) is 6.54 Å². The maximum Gasteiger partial charge on any atom is 0.252 e. The van der Waals surface area contributed by atoms with Crippen LogP contribution in [0.25, 0.3) is 0 Å². The second-order valence-corrected chi connectivity index (χ2v) is 6.65. The van der Waals surface area contributed by atoms with Crippen molar-refractivity contribution < 1.29 is 4.79 Å². The maximum absolute atomic E-state index is 11.9. The summed E-state index contributed by atoms with van der Waals surface area (Å²) in [4.78, 5) is 11.9. The number of nitrogens with one attached hydrogen (secondary N) is 1. The third-order valence-corrected chi connectivity index (χ3v) is 3.82. The van der Waals surface area contributed by atoms with Gasteiger partial charge in [-0.15, -0.1) is 11.6 Å². The standard InChI is InChI=1S/C12H14BrClINO/c1-8(14)3-2-6-16-12(17)10-7-9(15)4-5-11(10)13/h4-5,7-8H,2-3,6H2,1H3,(H,16,17). The SMILES string of the molecule is CC(Cl)CCCNC(=O)c1cc(I)ccc1Br. The average molecular weight is 431 g/mol. The number of amides is 1. The summed E-state index contributed by atoms with van der Waals surface area (Å²) < 4.78 is 1.87. The van der Waals surface area contributed by atoms with Crippen LogP contribution in [-0.2, 0) is 0 Å². The van der Waals surface area contributed by atoms with Crippen molar-refractivity contribution in [3.8, 4) is 0 Å². The Kier molecular flexibility index (Phi) is 6.80. The Morgan fingerprint density at radius 3 is 2.94 bits per heavy atom. The molecule has 0 aliphatic heterocycles. The summed E-state index contributed by atoms with van der Waals surface area (Å²) >= 11 is 11.4. The minimum Gasteiger partial charge on any atom is -0.352 e. The van der Waals surface area contributed by atoms with E-state index in [9.17, 15) is 4.79 Å². The number of rotatable bonds is 5. The van der Waals surface area contributed by atoms with Gasteiger partial charge in [-0.05, 0) is 76.5 Å². The normalized spacial score (nSPS) is 12.2. The number of carbonyl (C=O) groups is 1. The van der Waals surface area contributed by atoms with Gasteiger partial charge in [-0.3, -0.25) is 4.79 Å².